The molecule has 0 heterocycles. The molecule has 0 aromatic heterocycles. The summed E-state index contributed by atoms with van der Waals surface area (Å²) >= 11 is 6.75. The maximum Gasteiger partial charge on any atom is 0.309 e. The van der Waals surface area contributed by atoms with E-state index in [0.717, 1.165) is 0 Å². The molecule has 0 radical (unpaired) electrons. The first-order valence-electron chi connectivity index (χ1n) is 8.60. The van der Waals surface area contributed by atoms with Crippen molar-refractivity contribution in [2.24, 2.45) is 11.8 Å². The Bertz CT molecular complexity index is 446. The van der Waals surface area contributed by atoms with E-state index in [-0.39, 0.29) is 23.2 Å². The Labute approximate surface area is 157 Å². The summed E-state index contributed by atoms with van der Waals surface area (Å²) in [6, 6.07) is 0. The van der Waals surface area contributed by atoms with Crippen LogP contribution in [0.4, 0.5) is 0 Å². The summed E-state index contributed by atoms with van der Waals surface area (Å²) in [5.41, 5.74) is 0. The normalized spacial score (nSPS) is 15.7. The minimum Gasteiger partial charge on any atom is -0.475 e. The molecule has 0 aliphatic carbocycles. The Kier molecular flexibility index (Phi) is 11.5. The summed E-state index contributed by atoms with van der Waals surface area (Å²) in [4.78, 5) is 12.1. The first kappa shape index (κ1) is 23.9. The number of thiocarbonyl (C=S) groups is 1. The van der Waals surface area contributed by atoms with Gasteiger partial charge in [0.2, 0.25) is 4.38 Å². The number of ether oxygens (including phenoxy) is 2. The Balaban J connectivity index is 4.77. The van der Waals surface area contributed by atoms with Crippen LogP contribution in [0.5, 0.6) is 0 Å². The molecule has 0 aliphatic rings. The molecule has 0 aromatic rings. The molecular weight excluding hydrogens is 363 g/mol. The number of hydrogen-bond acceptors (Lipinski definition) is 6. The van der Waals surface area contributed by atoms with E-state index in [0.29, 0.717) is 35.2 Å². The molecule has 0 spiro atoms. The average Bonchev–Trinajstić information content (AvgIpc) is 2.52. The molecule has 3 atom stereocenters. The van der Waals surface area contributed by atoms with Gasteiger partial charge in [-0.3, -0.25) is 4.79 Å². The molecular formula is C17H33O4PS2. The van der Waals surface area contributed by atoms with Crippen molar-refractivity contribution in [2.45, 2.75) is 59.3 Å². The summed E-state index contributed by atoms with van der Waals surface area (Å²) in [6.45, 7) is 12.0. The maximum atomic E-state index is 12.7. The van der Waals surface area contributed by atoms with Crippen LogP contribution in [0.25, 0.3) is 0 Å². The quantitative estimate of drug-likeness (QED) is 0.293. The third-order valence-corrected chi connectivity index (χ3v) is 9.05. The SMILES string of the molecule is CCP(=O)(CC)CC(CC(C)SC(=S)OC(C)C(C)C)C(=O)OC. The lowest BCUT2D eigenvalue weighted by Crippen LogP contribution is -2.25. The standard InChI is InChI=1S/C17H33O4PS2/c1-8-22(19,9-2)11-15(16(18)20-7)10-13(5)24-17(23)21-14(6)12(3)4/h12-15H,8-11H2,1-7H3. The maximum absolute atomic E-state index is 12.7. The van der Waals surface area contributed by atoms with Crippen LogP contribution < -0.4 is 0 Å². The summed E-state index contributed by atoms with van der Waals surface area (Å²) in [6.07, 6.45) is 2.29. The minimum absolute atomic E-state index is 0.0639. The molecule has 0 aromatic carbocycles. The van der Waals surface area contributed by atoms with Gasteiger partial charge in [0.15, 0.2) is 0 Å². The first-order valence-corrected chi connectivity index (χ1v) is 12.2. The van der Waals surface area contributed by atoms with E-state index < -0.39 is 7.14 Å². The molecule has 0 saturated carbocycles. The lowest BCUT2D eigenvalue weighted by Gasteiger charge is -2.24. The fourth-order valence-corrected chi connectivity index (χ4v) is 5.80. The zero-order valence-corrected chi connectivity index (χ0v) is 18.6. The van der Waals surface area contributed by atoms with Gasteiger partial charge in [-0.2, -0.15) is 0 Å². The number of carbonyl (C=O) groups excluding carboxylic acids is 1. The van der Waals surface area contributed by atoms with Crippen molar-refractivity contribution in [1.82, 2.24) is 0 Å². The number of rotatable bonds is 10. The van der Waals surface area contributed by atoms with E-state index in [1.807, 2.05) is 27.7 Å². The molecule has 0 aliphatic heterocycles. The van der Waals surface area contributed by atoms with E-state index in [1.165, 1.54) is 18.9 Å². The van der Waals surface area contributed by atoms with E-state index in [9.17, 15) is 9.36 Å². The van der Waals surface area contributed by atoms with Crippen molar-refractivity contribution in [2.75, 3.05) is 25.6 Å². The van der Waals surface area contributed by atoms with Gasteiger partial charge in [0, 0.05) is 11.4 Å². The Hall–Kier alpha value is -0.0600. The van der Waals surface area contributed by atoms with Crippen molar-refractivity contribution < 1.29 is 18.8 Å². The highest BCUT2D eigenvalue weighted by atomic mass is 32.2. The molecule has 24 heavy (non-hydrogen) atoms. The molecule has 0 fully saturated rings. The molecule has 0 amide bonds. The molecule has 142 valence electrons. The Morgan fingerprint density at radius 1 is 1.17 bits per heavy atom. The first-order chi connectivity index (χ1) is 11.1. The smallest absolute Gasteiger partial charge is 0.309 e. The lowest BCUT2D eigenvalue weighted by molar-refractivity contribution is -0.144. The van der Waals surface area contributed by atoms with Crippen molar-refractivity contribution in [3.63, 3.8) is 0 Å². The fraction of sp³-hybridized carbons (Fsp3) is 0.882. The van der Waals surface area contributed by atoms with Crippen LogP contribution in [0.3, 0.4) is 0 Å². The molecule has 0 bridgehead atoms. The van der Waals surface area contributed by atoms with Gasteiger partial charge < -0.3 is 14.0 Å². The zero-order chi connectivity index (χ0) is 18.9. The number of carbonyl (C=O) groups is 1. The van der Waals surface area contributed by atoms with E-state index >= 15 is 0 Å². The van der Waals surface area contributed by atoms with Gasteiger partial charge in [-0.15, -0.1) is 0 Å². The topological polar surface area (TPSA) is 52.6 Å². The van der Waals surface area contributed by atoms with Gasteiger partial charge in [0.05, 0.1) is 26.3 Å². The van der Waals surface area contributed by atoms with E-state index in [2.05, 4.69) is 13.8 Å². The average molecular weight is 397 g/mol. The van der Waals surface area contributed by atoms with Crippen LogP contribution in [0.2, 0.25) is 0 Å². The van der Waals surface area contributed by atoms with Crippen LogP contribution in [0.1, 0.15) is 48.0 Å². The van der Waals surface area contributed by atoms with Gasteiger partial charge >= 0.3 is 5.97 Å². The lowest BCUT2D eigenvalue weighted by atomic mass is 10.1. The molecule has 3 unspecified atom stereocenters. The number of methoxy groups -OCH3 is 1. The highest BCUT2D eigenvalue weighted by molar-refractivity contribution is 8.23. The Morgan fingerprint density at radius 2 is 1.71 bits per heavy atom. The second kappa shape index (κ2) is 11.5. The van der Waals surface area contributed by atoms with Crippen LogP contribution in [-0.4, -0.2) is 47.3 Å². The van der Waals surface area contributed by atoms with Crippen molar-refractivity contribution >= 4 is 41.5 Å². The summed E-state index contributed by atoms with van der Waals surface area (Å²) in [5, 5.41) is 0.100. The van der Waals surface area contributed by atoms with E-state index in [4.69, 9.17) is 21.7 Å². The number of hydrogen-bond donors (Lipinski definition) is 0. The van der Waals surface area contributed by atoms with Crippen LogP contribution >= 0.6 is 31.1 Å². The van der Waals surface area contributed by atoms with Crippen molar-refractivity contribution in [3.8, 4) is 0 Å². The van der Waals surface area contributed by atoms with Crippen LogP contribution in [0.15, 0.2) is 0 Å². The third kappa shape index (κ3) is 8.87. The summed E-state index contributed by atoms with van der Waals surface area (Å²) < 4.78 is 23.9. The van der Waals surface area contributed by atoms with E-state index in [1.54, 1.807) is 0 Å². The second-order valence-electron chi connectivity index (χ2n) is 6.57. The molecule has 0 saturated heterocycles. The molecule has 0 N–H and O–H groups in total. The minimum atomic E-state index is -2.30. The number of thioether (sulfide) groups is 1. The van der Waals surface area contributed by atoms with Gasteiger partial charge in [0.1, 0.15) is 0 Å². The zero-order valence-electron chi connectivity index (χ0n) is 16.0. The van der Waals surface area contributed by atoms with Gasteiger partial charge in [0.25, 0.3) is 0 Å². The summed E-state index contributed by atoms with van der Waals surface area (Å²) in [7, 11) is -0.922. The van der Waals surface area contributed by atoms with Crippen molar-refractivity contribution in [1.29, 1.82) is 0 Å². The summed E-state index contributed by atoms with van der Waals surface area (Å²) in [5.74, 6) is -0.248. The predicted octanol–water partition coefficient (Wildman–Crippen LogP) is 5.04. The van der Waals surface area contributed by atoms with Crippen molar-refractivity contribution in [3.05, 3.63) is 0 Å². The van der Waals surface area contributed by atoms with Crippen LogP contribution in [-0.2, 0) is 18.8 Å². The van der Waals surface area contributed by atoms with Gasteiger partial charge in [-0.25, -0.2) is 0 Å². The molecule has 0 rings (SSSR count). The fourth-order valence-electron chi connectivity index (χ4n) is 2.22. The number of esters is 1. The highest BCUT2D eigenvalue weighted by Crippen LogP contribution is 2.47. The second-order valence-corrected chi connectivity index (χ2v) is 12.4. The Morgan fingerprint density at radius 3 is 2.12 bits per heavy atom. The largest absolute Gasteiger partial charge is 0.475 e. The monoisotopic (exact) mass is 396 g/mol. The highest BCUT2D eigenvalue weighted by Gasteiger charge is 2.30. The van der Waals surface area contributed by atoms with Gasteiger partial charge in [-0.05, 0) is 43.8 Å². The molecule has 7 heteroatoms. The third-order valence-electron chi connectivity index (χ3n) is 4.38. The van der Waals surface area contributed by atoms with Crippen LogP contribution in [0, 0.1) is 11.8 Å². The molecule has 4 nitrogen and oxygen atoms in total. The van der Waals surface area contributed by atoms with Gasteiger partial charge in [-0.1, -0.05) is 46.4 Å². The predicted molar refractivity (Wildman–Crippen MR) is 109 cm³/mol.